The molecule has 0 bridgehead atoms. The molecule has 94 valence electrons. The van der Waals surface area contributed by atoms with Crippen LogP contribution in [0, 0.1) is 0 Å². The Morgan fingerprint density at radius 2 is 2.06 bits per heavy atom. The number of carbonyl (C=O) groups excluding carboxylic acids is 1. The molecule has 0 aliphatic rings. The lowest BCUT2D eigenvalue weighted by Crippen LogP contribution is -2.47. The van der Waals surface area contributed by atoms with Gasteiger partial charge in [-0.3, -0.25) is 4.79 Å². The fourth-order valence-corrected chi connectivity index (χ4v) is 1.39. The molecule has 0 saturated heterocycles. The minimum Gasteiger partial charge on any atom is -0.392 e. The van der Waals surface area contributed by atoms with Crippen molar-refractivity contribution < 1.29 is 9.90 Å². The minimum atomic E-state index is -0.483. The second-order valence-electron chi connectivity index (χ2n) is 4.77. The predicted molar refractivity (Wildman–Crippen MR) is 67.6 cm³/mol. The Labute approximate surface area is 102 Å². The summed E-state index contributed by atoms with van der Waals surface area (Å²) in [4.78, 5) is 11.2. The SMILES string of the molecule is CC(O)C(C)(C)NCc1ccccc1C(N)=O. The minimum absolute atomic E-state index is 0.412. The quantitative estimate of drug-likeness (QED) is 0.715. The van der Waals surface area contributed by atoms with Crippen LogP contribution in [0.15, 0.2) is 24.3 Å². The van der Waals surface area contributed by atoms with Crippen molar-refractivity contribution in [3.8, 4) is 0 Å². The Balaban J connectivity index is 2.79. The van der Waals surface area contributed by atoms with E-state index in [0.29, 0.717) is 12.1 Å². The zero-order chi connectivity index (χ0) is 13.1. The van der Waals surface area contributed by atoms with Crippen LogP contribution in [0.25, 0.3) is 0 Å². The van der Waals surface area contributed by atoms with Crippen molar-refractivity contribution in [1.29, 1.82) is 0 Å². The highest BCUT2D eigenvalue weighted by molar-refractivity contribution is 5.94. The van der Waals surface area contributed by atoms with Crippen molar-refractivity contribution in [3.05, 3.63) is 35.4 Å². The van der Waals surface area contributed by atoms with Crippen molar-refractivity contribution >= 4 is 5.91 Å². The van der Waals surface area contributed by atoms with Crippen LogP contribution in [0.2, 0.25) is 0 Å². The summed E-state index contributed by atoms with van der Waals surface area (Å²) in [7, 11) is 0. The van der Waals surface area contributed by atoms with Crippen LogP contribution in [0.1, 0.15) is 36.7 Å². The van der Waals surface area contributed by atoms with Crippen molar-refractivity contribution in [2.75, 3.05) is 0 Å². The van der Waals surface area contributed by atoms with E-state index in [1.165, 1.54) is 0 Å². The van der Waals surface area contributed by atoms with Crippen LogP contribution in [0.5, 0.6) is 0 Å². The number of hydrogen-bond acceptors (Lipinski definition) is 3. The number of carbonyl (C=O) groups is 1. The fraction of sp³-hybridized carbons (Fsp3) is 0.462. The molecular weight excluding hydrogens is 216 g/mol. The van der Waals surface area contributed by atoms with Crippen molar-refractivity contribution in [3.63, 3.8) is 0 Å². The van der Waals surface area contributed by atoms with E-state index < -0.39 is 17.6 Å². The van der Waals surface area contributed by atoms with Crippen LogP contribution < -0.4 is 11.1 Å². The third-order valence-electron chi connectivity index (χ3n) is 3.06. The van der Waals surface area contributed by atoms with Gasteiger partial charge in [-0.25, -0.2) is 0 Å². The smallest absolute Gasteiger partial charge is 0.249 e. The summed E-state index contributed by atoms with van der Waals surface area (Å²) in [6.45, 7) is 6.04. The van der Waals surface area contributed by atoms with Crippen molar-refractivity contribution in [1.82, 2.24) is 5.32 Å². The first-order valence-electron chi connectivity index (χ1n) is 5.65. The lowest BCUT2D eigenvalue weighted by atomic mass is 9.97. The number of nitrogens with one attached hydrogen (secondary N) is 1. The van der Waals surface area contributed by atoms with Crippen LogP contribution in [-0.2, 0) is 6.54 Å². The molecule has 0 spiro atoms. The first-order chi connectivity index (χ1) is 7.84. The maximum Gasteiger partial charge on any atom is 0.249 e. The summed E-state index contributed by atoms with van der Waals surface area (Å²) >= 11 is 0. The Hall–Kier alpha value is -1.39. The molecule has 1 amide bonds. The molecule has 0 aliphatic carbocycles. The van der Waals surface area contributed by atoms with Gasteiger partial charge in [-0.2, -0.15) is 0 Å². The number of benzene rings is 1. The topological polar surface area (TPSA) is 75.3 Å². The van der Waals surface area contributed by atoms with E-state index >= 15 is 0 Å². The van der Waals surface area contributed by atoms with Gasteiger partial charge in [0.15, 0.2) is 0 Å². The molecule has 0 heterocycles. The number of nitrogens with two attached hydrogens (primary N) is 1. The van der Waals surface area contributed by atoms with Crippen molar-refractivity contribution in [2.45, 2.75) is 39.0 Å². The van der Waals surface area contributed by atoms with Crippen molar-refractivity contribution in [2.24, 2.45) is 5.73 Å². The lowest BCUT2D eigenvalue weighted by Gasteiger charge is -2.29. The molecule has 0 radical (unpaired) electrons. The average Bonchev–Trinajstić information content (AvgIpc) is 2.26. The summed E-state index contributed by atoms with van der Waals surface area (Å²) in [6.07, 6.45) is -0.483. The normalized spacial score (nSPS) is 13.4. The number of rotatable bonds is 5. The zero-order valence-corrected chi connectivity index (χ0v) is 10.5. The summed E-state index contributed by atoms with van der Waals surface area (Å²) in [5.41, 5.74) is 6.24. The Morgan fingerprint density at radius 3 is 2.59 bits per heavy atom. The third kappa shape index (κ3) is 3.54. The molecule has 1 rings (SSSR count). The zero-order valence-electron chi connectivity index (χ0n) is 10.5. The molecule has 4 N–H and O–H groups in total. The molecule has 1 aromatic rings. The molecule has 4 nitrogen and oxygen atoms in total. The molecule has 0 saturated carbocycles. The monoisotopic (exact) mass is 236 g/mol. The summed E-state index contributed by atoms with van der Waals surface area (Å²) < 4.78 is 0. The summed E-state index contributed by atoms with van der Waals surface area (Å²) in [5.74, 6) is -0.433. The number of amides is 1. The van der Waals surface area contributed by atoms with Gasteiger partial charge in [0.1, 0.15) is 0 Å². The number of aliphatic hydroxyl groups excluding tert-OH is 1. The van der Waals surface area contributed by atoms with Gasteiger partial charge in [-0.15, -0.1) is 0 Å². The van der Waals surface area contributed by atoms with E-state index in [-0.39, 0.29) is 0 Å². The predicted octanol–water partition coefficient (Wildman–Crippen LogP) is 1.03. The number of aliphatic hydroxyl groups is 1. The average molecular weight is 236 g/mol. The molecular formula is C13H20N2O2. The van der Waals surface area contributed by atoms with Gasteiger partial charge in [-0.05, 0) is 32.4 Å². The first kappa shape index (κ1) is 13.7. The van der Waals surface area contributed by atoms with Crippen LogP contribution in [0.4, 0.5) is 0 Å². The van der Waals surface area contributed by atoms with Gasteiger partial charge < -0.3 is 16.2 Å². The number of primary amides is 1. The molecule has 0 aliphatic heterocycles. The summed E-state index contributed by atoms with van der Waals surface area (Å²) in [6, 6.07) is 7.20. The Bertz CT molecular complexity index is 400. The maximum atomic E-state index is 11.2. The lowest BCUT2D eigenvalue weighted by molar-refractivity contribution is 0.0951. The van der Waals surface area contributed by atoms with E-state index in [9.17, 15) is 9.90 Å². The van der Waals surface area contributed by atoms with Crippen LogP contribution >= 0.6 is 0 Å². The summed E-state index contributed by atoms with van der Waals surface area (Å²) in [5, 5.41) is 12.8. The highest BCUT2D eigenvalue weighted by Crippen LogP contribution is 2.12. The number of hydrogen-bond donors (Lipinski definition) is 3. The first-order valence-corrected chi connectivity index (χ1v) is 5.65. The van der Waals surface area contributed by atoms with Crippen LogP contribution in [-0.4, -0.2) is 22.7 Å². The highest BCUT2D eigenvalue weighted by atomic mass is 16.3. The second-order valence-corrected chi connectivity index (χ2v) is 4.77. The van der Waals surface area contributed by atoms with Gasteiger partial charge in [0.2, 0.25) is 5.91 Å². The van der Waals surface area contributed by atoms with Gasteiger partial charge >= 0.3 is 0 Å². The van der Waals surface area contributed by atoms with Gasteiger partial charge in [0.25, 0.3) is 0 Å². The van der Waals surface area contributed by atoms with E-state index in [2.05, 4.69) is 5.32 Å². The fourth-order valence-electron chi connectivity index (χ4n) is 1.39. The Kier molecular flexibility index (Phi) is 4.26. The molecule has 4 heteroatoms. The molecule has 1 aromatic carbocycles. The van der Waals surface area contributed by atoms with E-state index in [1.807, 2.05) is 26.0 Å². The van der Waals surface area contributed by atoms with E-state index in [0.717, 1.165) is 5.56 Å². The molecule has 1 unspecified atom stereocenters. The highest BCUT2D eigenvalue weighted by Gasteiger charge is 2.23. The molecule has 1 atom stereocenters. The van der Waals surface area contributed by atoms with Gasteiger partial charge in [0, 0.05) is 17.6 Å². The second kappa shape index (κ2) is 5.29. The standard InChI is InChI=1S/C13H20N2O2/c1-9(16)13(2,3)15-8-10-6-4-5-7-11(10)12(14)17/h4-7,9,15-16H,8H2,1-3H3,(H2,14,17). The van der Waals surface area contributed by atoms with Gasteiger partial charge in [-0.1, -0.05) is 18.2 Å². The Morgan fingerprint density at radius 1 is 1.47 bits per heavy atom. The third-order valence-corrected chi connectivity index (χ3v) is 3.06. The van der Waals surface area contributed by atoms with Gasteiger partial charge in [0.05, 0.1) is 6.10 Å². The van der Waals surface area contributed by atoms with E-state index in [1.54, 1.807) is 19.1 Å². The molecule has 17 heavy (non-hydrogen) atoms. The van der Waals surface area contributed by atoms with Crippen LogP contribution in [0.3, 0.4) is 0 Å². The molecule has 0 fully saturated rings. The van der Waals surface area contributed by atoms with E-state index in [4.69, 9.17) is 5.73 Å². The maximum absolute atomic E-state index is 11.2. The largest absolute Gasteiger partial charge is 0.392 e. The molecule has 0 aromatic heterocycles.